The molecule has 0 aliphatic heterocycles. The third kappa shape index (κ3) is 3.82. The Labute approximate surface area is 121 Å². The molecule has 0 spiro atoms. The highest BCUT2D eigenvalue weighted by molar-refractivity contribution is 8.13. The molecule has 0 atom stereocenters. The van der Waals surface area contributed by atoms with Crippen LogP contribution in [-0.2, 0) is 15.6 Å². The van der Waals surface area contributed by atoms with E-state index in [1.807, 2.05) is 30.3 Å². The van der Waals surface area contributed by atoms with Crippen molar-refractivity contribution in [2.75, 3.05) is 0 Å². The molecule has 2 rings (SSSR count). The maximum Gasteiger partial charge on any atom is 0.261 e. The second-order valence-corrected chi connectivity index (χ2v) is 6.70. The lowest BCUT2D eigenvalue weighted by atomic mass is 10.2. The number of amides is 1. The van der Waals surface area contributed by atoms with Gasteiger partial charge in [0.05, 0.1) is 4.90 Å². The highest BCUT2D eigenvalue weighted by atomic mass is 35.7. The van der Waals surface area contributed by atoms with Crippen LogP contribution in [0.15, 0.2) is 59.5 Å². The molecule has 0 saturated heterocycles. The number of nitrogens with one attached hydrogen (secondary N) is 1. The molecule has 0 bridgehead atoms. The lowest BCUT2D eigenvalue weighted by molar-refractivity contribution is 0.0951. The van der Waals surface area contributed by atoms with Crippen molar-refractivity contribution in [3.05, 3.63) is 65.7 Å². The van der Waals surface area contributed by atoms with Gasteiger partial charge in [0.25, 0.3) is 15.0 Å². The Balaban J connectivity index is 2.03. The molecule has 0 radical (unpaired) electrons. The van der Waals surface area contributed by atoms with Crippen molar-refractivity contribution in [2.45, 2.75) is 11.4 Å². The molecule has 104 valence electrons. The topological polar surface area (TPSA) is 63.2 Å². The fourth-order valence-electron chi connectivity index (χ4n) is 1.65. The molecule has 20 heavy (non-hydrogen) atoms. The maximum atomic E-state index is 11.9. The van der Waals surface area contributed by atoms with E-state index in [1.165, 1.54) is 24.3 Å². The van der Waals surface area contributed by atoms with E-state index >= 15 is 0 Å². The molecule has 0 aliphatic rings. The van der Waals surface area contributed by atoms with E-state index in [4.69, 9.17) is 10.7 Å². The first-order chi connectivity index (χ1) is 9.47. The van der Waals surface area contributed by atoms with Gasteiger partial charge in [-0.1, -0.05) is 30.3 Å². The number of carbonyl (C=O) groups is 1. The zero-order valence-corrected chi connectivity index (χ0v) is 12.0. The number of hydrogen-bond donors (Lipinski definition) is 1. The molecule has 2 aromatic carbocycles. The van der Waals surface area contributed by atoms with Crippen LogP contribution in [0.25, 0.3) is 0 Å². The van der Waals surface area contributed by atoms with Gasteiger partial charge in [-0.25, -0.2) is 8.42 Å². The van der Waals surface area contributed by atoms with E-state index in [9.17, 15) is 13.2 Å². The molecule has 0 saturated carbocycles. The molecule has 1 N–H and O–H groups in total. The minimum absolute atomic E-state index is 0.0289. The van der Waals surface area contributed by atoms with Crippen molar-refractivity contribution in [3.8, 4) is 0 Å². The zero-order chi connectivity index (χ0) is 14.6. The Bertz CT molecular complexity index is 697. The van der Waals surface area contributed by atoms with Crippen LogP contribution in [-0.4, -0.2) is 14.3 Å². The lowest BCUT2D eigenvalue weighted by Gasteiger charge is -2.05. The third-order valence-electron chi connectivity index (χ3n) is 2.69. The Morgan fingerprint density at radius 2 is 1.60 bits per heavy atom. The van der Waals surface area contributed by atoms with E-state index in [1.54, 1.807) is 0 Å². The van der Waals surface area contributed by atoms with Gasteiger partial charge in [0.2, 0.25) is 0 Å². The summed E-state index contributed by atoms with van der Waals surface area (Å²) in [5.41, 5.74) is 1.37. The summed E-state index contributed by atoms with van der Waals surface area (Å²) in [6, 6.07) is 15.0. The standard InChI is InChI=1S/C14H12ClNO3S/c15-20(18,19)13-8-6-12(7-9-13)14(17)16-10-11-4-2-1-3-5-11/h1-9H,10H2,(H,16,17). The molecule has 0 heterocycles. The Morgan fingerprint density at radius 3 is 2.15 bits per heavy atom. The van der Waals surface area contributed by atoms with Crippen molar-refractivity contribution < 1.29 is 13.2 Å². The van der Waals surface area contributed by atoms with E-state index in [0.29, 0.717) is 12.1 Å². The molecule has 1 amide bonds. The van der Waals surface area contributed by atoms with Crippen molar-refractivity contribution >= 4 is 25.6 Å². The average Bonchev–Trinajstić information content (AvgIpc) is 2.45. The molecule has 0 fully saturated rings. The number of halogens is 1. The van der Waals surface area contributed by atoms with Crippen LogP contribution < -0.4 is 5.32 Å². The summed E-state index contributed by atoms with van der Waals surface area (Å²) in [6.45, 7) is 0.412. The zero-order valence-electron chi connectivity index (χ0n) is 10.4. The average molecular weight is 310 g/mol. The second-order valence-electron chi connectivity index (χ2n) is 4.13. The van der Waals surface area contributed by atoms with Crippen LogP contribution in [0.2, 0.25) is 0 Å². The largest absolute Gasteiger partial charge is 0.348 e. The van der Waals surface area contributed by atoms with Gasteiger partial charge in [-0.05, 0) is 29.8 Å². The Hall–Kier alpha value is -1.85. The highest BCUT2D eigenvalue weighted by Gasteiger charge is 2.11. The molecular weight excluding hydrogens is 298 g/mol. The number of carbonyl (C=O) groups excluding carboxylic acids is 1. The smallest absolute Gasteiger partial charge is 0.261 e. The van der Waals surface area contributed by atoms with Gasteiger partial charge in [0, 0.05) is 22.8 Å². The molecule has 0 unspecified atom stereocenters. The Morgan fingerprint density at radius 1 is 1.00 bits per heavy atom. The van der Waals surface area contributed by atoms with Gasteiger partial charge in [0.15, 0.2) is 0 Å². The lowest BCUT2D eigenvalue weighted by Crippen LogP contribution is -2.22. The molecule has 0 aromatic heterocycles. The van der Waals surface area contributed by atoms with E-state index < -0.39 is 9.05 Å². The molecule has 0 aliphatic carbocycles. The van der Waals surface area contributed by atoms with E-state index in [2.05, 4.69) is 5.32 Å². The van der Waals surface area contributed by atoms with Crippen LogP contribution in [0.4, 0.5) is 0 Å². The minimum Gasteiger partial charge on any atom is -0.348 e. The van der Waals surface area contributed by atoms with Crippen LogP contribution in [0.1, 0.15) is 15.9 Å². The summed E-state index contributed by atoms with van der Waals surface area (Å²) in [5, 5.41) is 2.75. The van der Waals surface area contributed by atoms with Gasteiger partial charge in [0.1, 0.15) is 0 Å². The van der Waals surface area contributed by atoms with Crippen molar-refractivity contribution in [1.82, 2.24) is 5.32 Å². The quantitative estimate of drug-likeness (QED) is 0.883. The summed E-state index contributed by atoms with van der Waals surface area (Å²) in [5.74, 6) is -0.271. The number of hydrogen-bond acceptors (Lipinski definition) is 3. The van der Waals surface area contributed by atoms with Gasteiger partial charge < -0.3 is 5.32 Å². The molecule has 2 aromatic rings. The fourth-order valence-corrected chi connectivity index (χ4v) is 2.42. The number of rotatable bonds is 4. The monoisotopic (exact) mass is 309 g/mol. The predicted molar refractivity (Wildman–Crippen MR) is 77.1 cm³/mol. The van der Waals surface area contributed by atoms with Crippen molar-refractivity contribution in [2.24, 2.45) is 0 Å². The second kappa shape index (κ2) is 6.07. The van der Waals surface area contributed by atoms with E-state index in [-0.39, 0.29) is 10.8 Å². The SMILES string of the molecule is O=C(NCc1ccccc1)c1ccc(S(=O)(=O)Cl)cc1. The van der Waals surface area contributed by atoms with Gasteiger partial charge in [-0.3, -0.25) is 4.79 Å². The molecule has 6 heteroatoms. The van der Waals surface area contributed by atoms with E-state index in [0.717, 1.165) is 5.56 Å². The van der Waals surface area contributed by atoms with Crippen LogP contribution in [0, 0.1) is 0 Å². The summed E-state index contributed by atoms with van der Waals surface area (Å²) in [7, 11) is 1.44. The van der Waals surface area contributed by atoms with Crippen molar-refractivity contribution in [3.63, 3.8) is 0 Å². The first-order valence-corrected chi connectivity index (χ1v) is 8.14. The highest BCUT2D eigenvalue weighted by Crippen LogP contribution is 2.15. The summed E-state index contributed by atoms with van der Waals surface area (Å²) in [6.07, 6.45) is 0. The number of benzene rings is 2. The summed E-state index contributed by atoms with van der Waals surface area (Å²) >= 11 is 0. The summed E-state index contributed by atoms with van der Waals surface area (Å²) < 4.78 is 22.2. The van der Waals surface area contributed by atoms with Gasteiger partial charge >= 0.3 is 0 Å². The fraction of sp³-hybridized carbons (Fsp3) is 0.0714. The van der Waals surface area contributed by atoms with Crippen molar-refractivity contribution in [1.29, 1.82) is 0 Å². The predicted octanol–water partition coefficient (Wildman–Crippen LogP) is 2.54. The third-order valence-corrected chi connectivity index (χ3v) is 4.06. The minimum atomic E-state index is -3.76. The van der Waals surface area contributed by atoms with Crippen LogP contribution in [0.3, 0.4) is 0 Å². The molecular formula is C14H12ClNO3S. The maximum absolute atomic E-state index is 11.9. The first-order valence-electron chi connectivity index (χ1n) is 5.84. The first kappa shape index (κ1) is 14.6. The van der Waals surface area contributed by atoms with Crippen LogP contribution in [0.5, 0.6) is 0 Å². The van der Waals surface area contributed by atoms with Gasteiger partial charge in [-0.2, -0.15) is 0 Å². The Kier molecular flexibility index (Phi) is 4.42. The summed E-state index contributed by atoms with van der Waals surface area (Å²) in [4.78, 5) is 11.9. The van der Waals surface area contributed by atoms with Gasteiger partial charge in [-0.15, -0.1) is 0 Å². The molecule has 4 nitrogen and oxygen atoms in total. The van der Waals surface area contributed by atoms with Crippen LogP contribution >= 0.6 is 10.7 Å². The normalized spacial score (nSPS) is 11.1.